The van der Waals surface area contributed by atoms with E-state index in [2.05, 4.69) is 12.2 Å². The lowest BCUT2D eigenvalue weighted by molar-refractivity contribution is 0.00325. The minimum atomic E-state index is 0.605. The van der Waals surface area contributed by atoms with Gasteiger partial charge in [0.2, 0.25) is 0 Å². The predicted octanol–water partition coefficient (Wildman–Crippen LogP) is 1.80. The monoisotopic (exact) mass is 183 g/mol. The van der Waals surface area contributed by atoms with Gasteiger partial charge in [-0.1, -0.05) is 6.92 Å². The quantitative estimate of drug-likeness (QED) is 0.717. The minimum absolute atomic E-state index is 0.605. The maximum Gasteiger partial charge on any atom is 0.0471 e. The number of ether oxygens (including phenoxy) is 1. The Balaban J connectivity index is 1.92. The molecule has 1 N–H and O–H groups in total. The summed E-state index contributed by atoms with van der Waals surface area (Å²) in [7, 11) is 0. The molecule has 13 heavy (non-hydrogen) atoms. The van der Waals surface area contributed by atoms with E-state index in [0.717, 1.165) is 25.7 Å². The van der Waals surface area contributed by atoms with Gasteiger partial charge in [-0.15, -0.1) is 0 Å². The first-order valence-electron chi connectivity index (χ1n) is 5.66. The third-order valence-electron chi connectivity index (χ3n) is 3.66. The average Bonchev–Trinajstić information content (AvgIpc) is 3.00. The molecule has 1 aliphatic heterocycles. The third kappa shape index (κ3) is 2.05. The van der Waals surface area contributed by atoms with Crippen LogP contribution in [-0.2, 0) is 4.74 Å². The van der Waals surface area contributed by atoms with Gasteiger partial charge >= 0.3 is 0 Å². The van der Waals surface area contributed by atoms with Crippen molar-refractivity contribution in [1.82, 2.24) is 5.32 Å². The van der Waals surface area contributed by atoms with Crippen molar-refractivity contribution >= 4 is 0 Å². The van der Waals surface area contributed by atoms with Crippen LogP contribution in [0, 0.1) is 11.3 Å². The lowest BCUT2D eigenvalue weighted by Crippen LogP contribution is -2.40. The van der Waals surface area contributed by atoms with E-state index in [1.165, 1.54) is 32.2 Å². The molecule has 0 aromatic carbocycles. The van der Waals surface area contributed by atoms with E-state index in [-0.39, 0.29) is 0 Å². The molecule has 76 valence electrons. The fourth-order valence-electron chi connectivity index (χ4n) is 2.58. The molecule has 2 nitrogen and oxygen atoms in total. The maximum absolute atomic E-state index is 5.45. The molecule has 0 amide bonds. The normalized spacial score (nSPS) is 27.5. The number of rotatable bonds is 4. The van der Waals surface area contributed by atoms with Crippen LogP contribution in [0.25, 0.3) is 0 Å². The second kappa shape index (κ2) is 3.97. The molecule has 1 saturated carbocycles. The van der Waals surface area contributed by atoms with E-state index in [9.17, 15) is 0 Å². The number of nitrogens with one attached hydrogen (secondary N) is 1. The Morgan fingerprint density at radius 2 is 2.00 bits per heavy atom. The highest BCUT2D eigenvalue weighted by atomic mass is 16.5. The molecule has 0 aromatic rings. The van der Waals surface area contributed by atoms with Gasteiger partial charge in [0.25, 0.3) is 0 Å². The Bertz CT molecular complexity index is 159. The summed E-state index contributed by atoms with van der Waals surface area (Å²) in [5, 5.41) is 3.52. The van der Waals surface area contributed by atoms with Gasteiger partial charge in [-0.2, -0.15) is 0 Å². The highest BCUT2D eigenvalue weighted by Crippen LogP contribution is 2.50. The SMILES string of the molecule is CCNCC1(C2CC2)CCOCC1. The summed E-state index contributed by atoms with van der Waals surface area (Å²) in [6, 6.07) is 0. The predicted molar refractivity (Wildman–Crippen MR) is 53.8 cm³/mol. The first-order chi connectivity index (χ1) is 6.37. The zero-order chi connectivity index (χ0) is 9.15. The topological polar surface area (TPSA) is 21.3 Å². The van der Waals surface area contributed by atoms with E-state index in [1.54, 1.807) is 0 Å². The maximum atomic E-state index is 5.45. The van der Waals surface area contributed by atoms with Crippen molar-refractivity contribution < 1.29 is 4.74 Å². The van der Waals surface area contributed by atoms with Crippen molar-refractivity contribution in [2.45, 2.75) is 32.6 Å². The van der Waals surface area contributed by atoms with Crippen molar-refractivity contribution in [2.24, 2.45) is 11.3 Å². The van der Waals surface area contributed by atoms with Crippen LogP contribution in [0.4, 0.5) is 0 Å². The van der Waals surface area contributed by atoms with Gasteiger partial charge in [0.05, 0.1) is 0 Å². The van der Waals surface area contributed by atoms with Gasteiger partial charge in [0, 0.05) is 19.8 Å². The highest BCUT2D eigenvalue weighted by molar-refractivity contribution is 4.96. The molecule has 2 aliphatic rings. The molecule has 0 unspecified atom stereocenters. The van der Waals surface area contributed by atoms with Crippen LogP contribution in [0.15, 0.2) is 0 Å². The van der Waals surface area contributed by atoms with Gasteiger partial charge in [-0.25, -0.2) is 0 Å². The Morgan fingerprint density at radius 3 is 2.54 bits per heavy atom. The molecular formula is C11H21NO. The van der Waals surface area contributed by atoms with Crippen LogP contribution in [0.1, 0.15) is 32.6 Å². The Labute approximate surface area is 81.0 Å². The van der Waals surface area contributed by atoms with Crippen LogP contribution < -0.4 is 5.32 Å². The molecule has 0 atom stereocenters. The van der Waals surface area contributed by atoms with Crippen molar-refractivity contribution in [2.75, 3.05) is 26.3 Å². The number of hydrogen-bond acceptors (Lipinski definition) is 2. The van der Waals surface area contributed by atoms with Crippen LogP contribution >= 0.6 is 0 Å². The van der Waals surface area contributed by atoms with Gasteiger partial charge < -0.3 is 10.1 Å². The molecule has 2 rings (SSSR count). The first-order valence-corrected chi connectivity index (χ1v) is 5.66. The molecule has 2 heteroatoms. The third-order valence-corrected chi connectivity index (χ3v) is 3.66. The average molecular weight is 183 g/mol. The summed E-state index contributed by atoms with van der Waals surface area (Å²) in [5.41, 5.74) is 0.605. The summed E-state index contributed by atoms with van der Waals surface area (Å²) in [5.74, 6) is 1.01. The fraction of sp³-hybridized carbons (Fsp3) is 1.00. The first kappa shape index (κ1) is 9.47. The Kier molecular flexibility index (Phi) is 2.89. The molecule has 0 spiro atoms. The van der Waals surface area contributed by atoms with Crippen molar-refractivity contribution in [3.05, 3.63) is 0 Å². The van der Waals surface area contributed by atoms with E-state index in [4.69, 9.17) is 4.74 Å². The van der Waals surface area contributed by atoms with Gasteiger partial charge in [0.1, 0.15) is 0 Å². The molecular weight excluding hydrogens is 162 g/mol. The second-order valence-electron chi connectivity index (χ2n) is 4.53. The lowest BCUT2D eigenvalue weighted by atomic mass is 9.75. The molecule has 0 radical (unpaired) electrons. The van der Waals surface area contributed by atoms with E-state index in [1.807, 2.05) is 0 Å². The molecule has 1 saturated heterocycles. The fourth-order valence-corrected chi connectivity index (χ4v) is 2.58. The van der Waals surface area contributed by atoms with Gasteiger partial charge in [0.15, 0.2) is 0 Å². The van der Waals surface area contributed by atoms with Crippen LogP contribution in [0.5, 0.6) is 0 Å². The highest BCUT2D eigenvalue weighted by Gasteiger charge is 2.45. The van der Waals surface area contributed by atoms with Gasteiger partial charge in [-0.05, 0) is 43.6 Å². The lowest BCUT2D eigenvalue weighted by Gasteiger charge is -2.37. The summed E-state index contributed by atoms with van der Waals surface area (Å²) in [6.45, 7) is 6.50. The minimum Gasteiger partial charge on any atom is -0.381 e. The van der Waals surface area contributed by atoms with Gasteiger partial charge in [-0.3, -0.25) is 0 Å². The molecule has 1 heterocycles. The van der Waals surface area contributed by atoms with Crippen LogP contribution in [-0.4, -0.2) is 26.3 Å². The van der Waals surface area contributed by atoms with Crippen molar-refractivity contribution in [3.8, 4) is 0 Å². The molecule has 2 fully saturated rings. The van der Waals surface area contributed by atoms with E-state index >= 15 is 0 Å². The Hall–Kier alpha value is -0.0800. The smallest absolute Gasteiger partial charge is 0.0471 e. The second-order valence-corrected chi connectivity index (χ2v) is 4.53. The summed E-state index contributed by atoms with van der Waals surface area (Å²) >= 11 is 0. The molecule has 0 bridgehead atoms. The largest absolute Gasteiger partial charge is 0.381 e. The van der Waals surface area contributed by atoms with Crippen LogP contribution in [0.2, 0.25) is 0 Å². The Morgan fingerprint density at radius 1 is 1.31 bits per heavy atom. The van der Waals surface area contributed by atoms with E-state index in [0.29, 0.717) is 5.41 Å². The van der Waals surface area contributed by atoms with Crippen molar-refractivity contribution in [1.29, 1.82) is 0 Å². The summed E-state index contributed by atoms with van der Waals surface area (Å²) < 4.78 is 5.45. The summed E-state index contributed by atoms with van der Waals surface area (Å²) in [6.07, 6.45) is 5.49. The number of hydrogen-bond donors (Lipinski definition) is 1. The molecule has 1 aliphatic carbocycles. The van der Waals surface area contributed by atoms with Crippen molar-refractivity contribution in [3.63, 3.8) is 0 Å². The van der Waals surface area contributed by atoms with E-state index < -0.39 is 0 Å². The standard InChI is InChI=1S/C11H21NO/c1-2-12-9-11(10-3-4-10)5-7-13-8-6-11/h10,12H,2-9H2,1H3. The zero-order valence-electron chi connectivity index (χ0n) is 8.64. The molecule has 0 aromatic heterocycles. The van der Waals surface area contributed by atoms with Crippen LogP contribution in [0.3, 0.4) is 0 Å². The summed E-state index contributed by atoms with van der Waals surface area (Å²) in [4.78, 5) is 0. The zero-order valence-corrected chi connectivity index (χ0v) is 8.64.